The van der Waals surface area contributed by atoms with Gasteiger partial charge in [0.2, 0.25) is 5.91 Å². The van der Waals surface area contributed by atoms with Crippen molar-refractivity contribution in [1.82, 2.24) is 5.32 Å². The molecule has 0 spiro atoms. The van der Waals surface area contributed by atoms with Gasteiger partial charge in [-0.2, -0.15) is 0 Å². The molecule has 0 radical (unpaired) electrons. The average molecular weight is 257 g/mol. The van der Waals surface area contributed by atoms with Gasteiger partial charge < -0.3 is 19.6 Å². The lowest BCUT2D eigenvalue weighted by atomic mass is 10.1. The first-order valence-electron chi connectivity index (χ1n) is 6.04. The third-order valence-electron chi connectivity index (χ3n) is 2.81. The second-order valence-electron chi connectivity index (χ2n) is 4.33. The number of nitrogens with one attached hydrogen (secondary N) is 1. The summed E-state index contributed by atoms with van der Waals surface area (Å²) in [6.07, 6.45) is 1.49. The highest BCUT2D eigenvalue weighted by Gasteiger charge is 2.28. The van der Waals surface area contributed by atoms with E-state index in [1.165, 1.54) is 14.0 Å². The van der Waals surface area contributed by atoms with Gasteiger partial charge in [0, 0.05) is 13.0 Å². The monoisotopic (exact) mass is 257 g/mol. The second kappa shape index (κ2) is 7.10. The van der Waals surface area contributed by atoms with Gasteiger partial charge in [-0.1, -0.05) is 0 Å². The van der Waals surface area contributed by atoms with Gasteiger partial charge in [-0.05, 0) is 26.2 Å². The summed E-state index contributed by atoms with van der Waals surface area (Å²) in [6.45, 7) is 2.00. The van der Waals surface area contributed by atoms with Crippen LogP contribution in [0.3, 0.4) is 0 Å². The van der Waals surface area contributed by atoms with Crippen LogP contribution in [-0.4, -0.2) is 43.5 Å². The minimum Gasteiger partial charge on any atom is -0.467 e. The fraction of sp³-hybridized carbons (Fsp3) is 0.750. The number of hydrogen-bond donors (Lipinski definition) is 1. The molecule has 1 rings (SSSR count). The molecule has 0 aromatic carbocycles. The molecule has 0 aromatic heterocycles. The molecule has 1 amide bonds. The van der Waals surface area contributed by atoms with Gasteiger partial charge in [-0.15, -0.1) is 0 Å². The number of carbonyl (C=O) groups excluding carboxylic acids is 3. The largest absolute Gasteiger partial charge is 0.467 e. The van der Waals surface area contributed by atoms with E-state index in [0.29, 0.717) is 13.0 Å². The van der Waals surface area contributed by atoms with E-state index < -0.39 is 18.1 Å². The molecule has 1 N–H and O–H groups in total. The number of ketones is 1. The van der Waals surface area contributed by atoms with Crippen LogP contribution < -0.4 is 5.32 Å². The van der Waals surface area contributed by atoms with Crippen LogP contribution in [0.25, 0.3) is 0 Å². The Balaban J connectivity index is 2.51. The van der Waals surface area contributed by atoms with E-state index in [0.717, 1.165) is 6.42 Å². The molecule has 0 unspecified atom stereocenters. The normalized spacial score (nSPS) is 20.2. The van der Waals surface area contributed by atoms with Crippen LogP contribution in [0.1, 0.15) is 32.6 Å². The lowest BCUT2D eigenvalue weighted by Gasteiger charge is -2.18. The molecule has 6 nitrogen and oxygen atoms in total. The zero-order valence-electron chi connectivity index (χ0n) is 10.7. The molecule has 0 bridgehead atoms. The average Bonchev–Trinajstić information content (AvgIpc) is 2.86. The van der Waals surface area contributed by atoms with E-state index in [2.05, 4.69) is 10.1 Å². The van der Waals surface area contributed by atoms with Crippen molar-refractivity contribution in [3.63, 3.8) is 0 Å². The molecule has 0 aromatic rings. The molecule has 6 heteroatoms. The van der Waals surface area contributed by atoms with Crippen LogP contribution in [0.2, 0.25) is 0 Å². The van der Waals surface area contributed by atoms with E-state index in [4.69, 9.17) is 4.74 Å². The summed E-state index contributed by atoms with van der Waals surface area (Å²) < 4.78 is 9.83. The molecule has 2 atom stereocenters. The minimum atomic E-state index is -0.782. The smallest absolute Gasteiger partial charge is 0.328 e. The number of amides is 1. The number of carbonyl (C=O) groups is 3. The van der Waals surface area contributed by atoms with Crippen molar-refractivity contribution in [1.29, 1.82) is 0 Å². The minimum absolute atomic E-state index is 0.0322. The molecule has 1 fully saturated rings. The van der Waals surface area contributed by atoms with Crippen molar-refractivity contribution in [2.24, 2.45) is 0 Å². The standard InChI is InChI=1S/C12H19NO5/c1-8(14)5-6-9(12(16)17-2)13-11(15)10-4-3-7-18-10/h9-10H,3-7H2,1-2H3,(H,13,15)/t9-,10+/m1/s1. The van der Waals surface area contributed by atoms with Crippen LogP contribution in [0.15, 0.2) is 0 Å². The summed E-state index contributed by atoms with van der Waals surface area (Å²) in [7, 11) is 1.25. The van der Waals surface area contributed by atoms with Gasteiger partial charge in [0.25, 0.3) is 0 Å². The molecular formula is C12H19NO5. The SMILES string of the molecule is COC(=O)[C@@H](CCC(C)=O)NC(=O)[C@@H]1CCCO1. The summed E-state index contributed by atoms with van der Waals surface area (Å²) >= 11 is 0. The number of methoxy groups -OCH3 is 1. The number of esters is 1. The zero-order chi connectivity index (χ0) is 13.5. The Bertz CT molecular complexity index is 322. The quantitative estimate of drug-likeness (QED) is 0.687. The second-order valence-corrected chi connectivity index (χ2v) is 4.33. The molecule has 1 aliphatic rings. The maximum absolute atomic E-state index is 11.8. The highest BCUT2D eigenvalue weighted by Crippen LogP contribution is 2.12. The van der Waals surface area contributed by atoms with Gasteiger partial charge in [0.1, 0.15) is 17.9 Å². The highest BCUT2D eigenvalue weighted by molar-refractivity contribution is 5.87. The zero-order valence-corrected chi connectivity index (χ0v) is 10.7. The van der Waals surface area contributed by atoms with Gasteiger partial charge >= 0.3 is 5.97 Å². The predicted octanol–water partition coefficient (Wildman–Crippen LogP) is 0.192. The van der Waals surface area contributed by atoms with E-state index in [9.17, 15) is 14.4 Å². The summed E-state index contributed by atoms with van der Waals surface area (Å²) in [4.78, 5) is 34.2. The van der Waals surface area contributed by atoms with Gasteiger partial charge in [0.15, 0.2) is 0 Å². The maximum atomic E-state index is 11.8. The first-order chi connectivity index (χ1) is 8.54. The van der Waals surface area contributed by atoms with Crippen molar-refractivity contribution in [2.75, 3.05) is 13.7 Å². The Morgan fingerprint density at radius 3 is 2.67 bits per heavy atom. The fourth-order valence-electron chi connectivity index (χ4n) is 1.79. The van der Waals surface area contributed by atoms with Crippen LogP contribution in [-0.2, 0) is 23.9 Å². The Labute approximate surface area is 106 Å². The Kier molecular flexibility index (Phi) is 5.77. The van der Waals surface area contributed by atoms with Gasteiger partial charge in [-0.3, -0.25) is 4.79 Å². The molecule has 102 valence electrons. The van der Waals surface area contributed by atoms with Crippen molar-refractivity contribution in [3.8, 4) is 0 Å². The first kappa shape index (κ1) is 14.6. The summed E-state index contributed by atoms with van der Waals surface area (Å²) in [6, 6.07) is -0.782. The van der Waals surface area contributed by atoms with E-state index in [-0.39, 0.29) is 24.5 Å². The van der Waals surface area contributed by atoms with Gasteiger partial charge in [-0.25, -0.2) is 4.79 Å². The van der Waals surface area contributed by atoms with E-state index >= 15 is 0 Å². The lowest BCUT2D eigenvalue weighted by molar-refractivity contribution is -0.146. The van der Waals surface area contributed by atoms with Crippen LogP contribution in [0.4, 0.5) is 0 Å². The number of ether oxygens (including phenoxy) is 2. The van der Waals surface area contributed by atoms with Crippen LogP contribution in [0, 0.1) is 0 Å². The molecule has 1 heterocycles. The molecule has 1 aliphatic heterocycles. The van der Waals surface area contributed by atoms with E-state index in [1.54, 1.807) is 0 Å². The Hall–Kier alpha value is -1.43. The van der Waals surface area contributed by atoms with Gasteiger partial charge in [0.05, 0.1) is 7.11 Å². The third-order valence-corrected chi connectivity index (χ3v) is 2.81. The third kappa shape index (κ3) is 4.44. The molecule has 18 heavy (non-hydrogen) atoms. The summed E-state index contributed by atoms with van der Waals surface area (Å²) in [5.74, 6) is -0.885. The Morgan fingerprint density at radius 1 is 1.44 bits per heavy atom. The number of hydrogen-bond acceptors (Lipinski definition) is 5. The molecular weight excluding hydrogens is 238 g/mol. The first-order valence-corrected chi connectivity index (χ1v) is 6.04. The predicted molar refractivity (Wildman–Crippen MR) is 62.8 cm³/mol. The maximum Gasteiger partial charge on any atom is 0.328 e. The Morgan fingerprint density at radius 2 is 2.17 bits per heavy atom. The topological polar surface area (TPSA) is 81.7 Å². The number of Topliss-reactive ketones (excluding diaryl/α,β-unsaturated/α-hetero) is 1. The number of rotatable bonds is 6. The van der Waals surface area contributed by atoms with Crippen molar-refractivity contribution in [3.05, 3.63) is 0 Å². The molecule has 0 saturated carbocycles. The molecule has 0 aliphatic carbocycles. The fourth-order valence-corrected chi connectivity index (χ4v) is 1.79. The van der Waals surface area contributed by atoms with Crippen LogP contribution >= 0.6 is 0 Å². The van der Waals surface area contributed by atoms with Crippen molar-refractivity contribution < 1.29 is 23.9 Å². The summed E-state index contributed by atoms with van der Waals surface area (Å²) in [5, 5.41) is 2.57. The van der Waals surface area contributed by atoms with Crippen molar-refractivity contribution in [2.45, 2.75) is 44.8 Å². The van der Waals surface area contributed by atoms with Crippen molar-refractivity contribution >= 4 is 17.7 Å². The van der Waals surface area contributed by atoms with E-state index in [1.807, 2.05) is 0 Å². The van der Waals surface area contributed by atoms with Crippen LogP contribution in [0.5, 0.6) is 0 Å². The highest BCUT2D eigenvalue weighted by atomic mass is 16.5. The summed E-state index contributed by atoms with van der Waals surface area (Å²) in [5.41, 5.74) is 0. The molecule has 1 saturated heterocycles. The lowest BCUT2D eigenvalue weighted by Crippen LogP contribution is -2.46.